The quantitative estimate of drug-likeness (QED) is 0.822. The van der Waals surface area contributed by atoms with Crippen molar-refractivity contribution in [1.82, 2.24) is 10.6 Å². The van der Waals surface area contributed by atoms with Crippen molar-refractivity contribution in [2.75, 3.05) is 6.54 Å². The molecule has 92 valence electrons. The van der Waals surface area contributed by atoms with E-state index in [1.807, 2.05) is 6.92 Å². The molecule has 0 spiro atoms. The summed E-state index contributed by atoms with van der Waals surface area (Å²) in [4.78, 5) is 4.21. The number of nitrogens with one attached hydrogen (secondary N) is 2. The minimum Gasteiger partial charge on any atom is -0.352 e. The van der Waals surface area contributed by atoms with Gasteiger partial charge in [-0.2, -0.15) is 0 Å². The summed E-state index contributed by atoms with van der Waals surface area (Å²) in [6, 6.07) is 2.61. The maximum Gasteiger partial charge on any atom is 0.191 e. The Morgan fingerprint density at radius 2 is 2.18 bits per heavy atom. The normalized spacial score (nSPS) is 18.8. The molecule has 3 nitrogen and oxygen atoms in total. The first-order valence-electron chi connectivity index (χ1n) is 5.24. The summed E-state index contributed by atoms with van der Waals surface area (Å²) in [5, 5.41) is 6.16. The molecule has 2 N–H and O–H groups in total. The van der Waals surface area contributed by atoms with E-state index in [0.29, 0.717) is 28.6 Å². The van der Waals surface area contributed by atoms with Crippen LogP contribution in [-0.4, -0.2) is 18.5 Å². The molecule has 0 aromatic heterocycles. The molecule has 1 atom stereocenters. The van der Waals surface area contributed by atoms with Gasteiger partial charge in [0.2, 0.25) is 0 Å². The zero-order chi connectivity index (χ0) is 12.4. The summed E-state index contributed by atoms with van der Waals surface area (Å²) >= 11 is 3.20. The lowest BCUT2D eigenvalue weighted by molar-refractivity contribution is 0.506. The first kappa shape index (κ1) is 12.3. The predicted molar refractivity (Wildman–Crippen MR) is 65.8 cm³/mol. The smallest absolute Gasteiger partial charge is 0.191 e. The fourth-order valence-electron chi connectivity index (χ4n) is 1.54. The summed E-state index contributed by atoms with van der Waals surface area (Å²) in [5.74, 6) is -1.01. The molecule has 0 radical (unpaired) electrons. The van der Waals surface area contributed by atoms with E-state index in [4.69, 9.17) is 0 Å². The minimum atomic E-state index is -0.856. The minimum absolute atomic E-state index is 0.311. The van der Waals surface area contributed by atoms with Crippen molar-refractivity contribution in [3.63, 3.8) is 0 Å². The second kappa shape index (κ2) is 5.00. The third-order valence-electron chi connectivity index (χ3n) is 2.44. The lowest BCUT2D eigenvalue weighted by atomic mass is 10.2. The van der Waals surface area contributed by atoms with Crippen LogP contribution in [-0.2, 0) is 6.54 Å². The zero-order valence-electron chi connectivity index (χ0n) is 9.23. The molecule has 6 heteroatoms. The van der Waals surface area contributed by atoms with E-state index in [-0.39, 0.29) is 0 Å². The van der Waals surface area contributed by atoms with Crippen molar-refractivity contribution >= 4 is 21.9 Å². The molecule has 0 saturated carbocycles. The van der Waals surface area contributed by atoms with Gasteiger partial charge in [0.25, 0.3) is 0 Å². The SMILES string of the molecule is CC1CN=C(NCc2cc(F)c(F)cc2Br)N1. The first-order chi connectivity index (χ1) is 8.06. The Bertz CT molecular complexity index is 462. The van der Waals surface area contributed by atoms with Crippen LogP contribution in [0.5, 0.6) is 0 Å². The van der Waals surface area contributed by atoms with Crippen LogP contribution < -0.4 is 10.6 Å². The van der Waals surface area contributed by atoms with E-state index < -0.39 is 11.6 Å². The highest BCUT2D eigenvalue weighted by atomic mass is 79.9. The Morgan fingerprint density at radius 3 is 2.82 bits per heavy atom. The molecule has 1 heterocycles. The molecule has 1 aromatic rings. The Kier molecular flexibility index (Phi) is 3.61. The van der Waals surface area contributed by atoms with Crippen molar-refractivity contribution in [3.8, 4) is 0 Å². The molecule has 0 fully saturated rings. The molecule has 1 unspecified atom stereocenters. The van der Waals surface area contributed by atoms with Gasteiger partial charge in [0.15, 0.2) is 17.6 Å². The van der Waals surface area contributed by atoms with Gasteiger partial charge in [-0.25, -0.2) is 8.78 Å². The van der Waals surface area contributed by atoms with E-state index >= 15 is 0 Å². The van der Waals surface area contributed by atoms with Crippen LogP contribution >= 0.6 is 15.9 Å². The molecule has 0 saturated heterocycles. The van der Waals surface area contributed by atoms with Gasteiger partial charge in [-0.3, -0.25) is 4.99 Å². The molecule has 1 aliphatic rings. The summed E-state index contributed by atoms with van der Waals surface area (Å²) in [5.41, 5.74) is 0.646. The topological polar surface area (TPSA) is 36.4 Å². The van der Waals surface area contributed by atoms with Crippen LogP contribution in [0.2, 0.25) is 0 Å². The third-order valence-corrected chi connectivity index (χ3v) is 3.18. The highest BCUT2D eigenvalue weighted by Crippen LogP contribution is 2.20. The standard InChI is InChI=1S/C11H12BrF2N3/c1-6-4-15-11(17-6)16-5-7-2-9(13)10(14)3-8(7)12/h2-3,6H,4-5H2,1H3,(H2,15,16,17). The van der Waals surface area contributed by atoms with Crippen LogP contribution in [0.15, 0.2) is 21.6 Å². The van der Waals surface area contributed by atoms with Crippen molar-refractivity contribution in [1.29, 1.82) is 0 Å². The van der Waals surface area contributed by atoms with Crippen molar-refractivity contribution in [2.45, 2.75) is 19.5 Å². The third kappa shape index (κ3) is 2.94. The average Bonchev–Trinajstić information content (AvgIpc) is 2.68. The molecule has 0 bridgehead atoms. The van der Waals surface area contributed by atoms with Crippen LogP contribution in [0.25, 0.3) is 0 Å². The van der Waals surface area contributed by atoms with E-state index in [9.17, 15) is 8.78 Å². The largest absolute Gasteiger partial charge is 0.352 e. The van der Waals surface area contributed by atoms with Gasteiger partial charge in [-0.1, -0.05) is 15.9 Å². The highest BCUT2D eigenvalue weighted by molar-refractivity contribution is 9.10. The molecule has 0 aliphatic carbocycles. The van der Waals surface area contributed by atoms with Gasteiger partial charge in [-0.05, 0) is 24.6 Å². The molecule has 17 heavy (non-hydrogen) atoms. The van der Waals surface area contributed by atoms with Crippen molar-refractivity contribution in [3.05, 3.63) is 33.8 Å². The lowest BCUT2D eigenvalue weighted by Crippen LogP contribution is -2.37. The number of halogens is 3. The summed E-state index contributed by atoms with van der Waals surface area (Å²) in [7, 11) is 0. The van der Waals surface area contributed by atoms with Gasteiger partial charge >= 0.3 is 0 Å². The summed E-state index contributed by atoms with van der Waals surface area (Å²) < 4.78 is 26.5. The van der Waals surface area contributed by atoms with E-state index in [1.54, 1.807) is 0 Å². The lowest BCUT2D eigenvalue weighted by Gasteiger charge is -2.10. The molecular formula is C11H12BrF2N3. The maximum absolute atomic E-state index is 13.1. The van der Waals surface area contributed by atoms with Gasteiger partial charge in [0.05, 0.1) is 6.54 Å². The molecule has 0 amide bonds. The van der Waals surface area contributed by atoms with Crippen molar-refractivity contribution in [2.24, 2.45) is 4.99 Å². The Balaban J connectivity index is 2.02. The fraction of sp³-hybridized carbons (Fsp3) is 0.364. The van der Waals surface area contributed by atoms with E-state index in [1.165, 1.54) is 6.07 Å². The number of hydrogen-bond donors (Lipinski definition) is 2. The fourth-order valence-corrected chi connectivity index (χ4v) is 1.99. The average molecular weight is 304 g/mol. The maximum atomic E-state index is 13.1. The Labute approximate surface area is 106 Å². The van der Waals surface area contributed by atoms with Crippen molar-refractivity contribution < 1.29 is 8.78 Å². The molecule has 1 aromatic carbocycles. The van der Waals surface area contributed by atoms with Crippen LogP contribution in [0.4, 0.5) is 8.78 Å². The Morgan fingerprint density at radius 1 is 1.47 bits per heavy atom. The first-order valence-corrected chi connectivity index (χ1v) is 6.04. The van der Waals surface area contributed by atoms with Crippen LogP contribution in [0.1, 0.15) is 12.5 Å². The molecular weight excluding hydrogens is 292 g/mol. The second-order valence-corrected chi connectivity index (χ2v) is 4.80. The van der Waals surface area contributed by atoms with E-state index in [0.717, 1.165) is 12.6 Å². The zero-order valence-corrected chi connectivity index (χ0v) is 10.8. The Hall–Kier alpha value is -1.17. The van der Waals surface area contributed by atoms with E-state index in [2.05, 4.69) is 31.6 Å². The summed E-state index contributed by atoms with van der Waals surface area (Å²) in [6.45, 7) is 3.13. The predicted octanol–water partition coefficient (Wildman–Crippen LogP) is 2.16. The number of rotatable bonds is 2. The number of guanidine groups is 1. The van der Waals surface area contributed by atoms with Crippen LogP contribution in [0, 0.1) is 11.6 Å². The van der Waals surface area contributed by atoms with Gasteiger partial charge in [0.1, 0.15) is 0 Å². The van der Waals surface area contributed by atoms with Crippen LogP contribution in [0.3, 0.4) is 0 Å². The number of benzene rings is 1. The summed E-state index contributed by atoms with van der Waals surface area (Å²) in [6.07, 6.45) is 0. The number of hydrogen-bond acceptors (Lipinski definition) is 3. The van der Waals surface area contributed by atoms with Gasteiger partial charge in [-0.15, -0.1) is 0 Å². The number of aliphatic imine (C=N–C) groups is 1. The second-order valence-electron chi connectivity index (χ2n) is 3.95. The molecule has 1 aliphatic heterocycles. The molecule has 2 rings (SSSR count). The number of nitrogens with zero attached hydrogens (tertiary/aromatic N) is 1. The van der Waals surface area contributed by atoms with Gasteiger partial charge < -0.3 is 10.6 Å². The van der Waals surface area contributed by atoms with Gasteiger partial charge in [0, 0.05) is 17.1 Å². The highest BCUT2D eigenvalue weighted by Gasteiger charge is 2.13. The monoisotopic (exact) mass is 303 g/mol.